The molecule has 0 aliphatic heterocycles. The van der Waals surface area contributed by atoms with Crippen LogP contribution in [0.25, 0.3) is 11.3 Å². The molecule has 2 rings (SSSR count). The van der Waals surface area contributed by atoms with Gasteiger partial charge < -0.3 is 4.74 Å². The van der Waals surface area contributed by atoms with Crippen LogP contribution in [0.15, 0.2) is 42.5 Å². The fourth-order valence-electron chi connectivity index (χ4n) is 1.82. The Kier molecular flexibility index (Phi) is 5.21. The molecule has 0 amide bonds. The molecule has 0 unspecified atom stereocenters. The molecule has 0 saturated heterocycles. The molecular formula is C16H14Cl2FNO. The van der Waals surface area contributed by atoms with Crippen LogP contribution in [0.2, 0.25) is 5.15 Å². The number of halogens is 3. The average Bonchev–Trinajstić information content (AvgIpc) is 2.46. The predicted octanol–water partition coefficient (Wildman–Crippen LogP) is 5.02. The largest absolute Gasteiger partial charge is 0.487 e. The van der Waals surface area contributed by atoms with Crippen LogP contribution in [0.3, 0.4) is 0 Å². The van der Waals surface area contributed by atoms with Gasteiger partial charge in [-0.1, -0.05) is 18.2 Å². The van der Waals surface area contributed by atoms with Gasteiger partial charge >= 0.3 is 0 Å². The number of benzene rings is 1. The van der Waals surface area contributed by atoms with Crippen molar-refractivity contribution in [2.75, 3.05) is 12.5 Å². The number of hydrogen-bond donors (Lipinski definition) is 0. The van der Waals surface area contributed by atoms with Crippen molar-refractivity contribution in [2.24, 2.45) is 0 Å². The molecule has 5 heteroatoms. The van der Waals surface area contributed by atoms with E-state index < -0.39 is 0 Å². The third-order valence-electron chi connectivity index (χ3n) is 2.85. The van der Waals surface area contributed by atoms with E-state index in [1.807, 2.05) is 6.92 Å². The number of hydrogen-bond acceptors (Lipinski definition) is 2. The van der Waals surface area contributed by atoms with Gasteiger partial charge in [-0.15, -0.1) is 11.6 Å². The van der Waals surface area contributed by atoms with Gasteiger partial charge in [0.1, 0.15) is 29.0 Å². The van der Waals surface area contributed by atoms with Crippen molar-refractivity contribution in [3.63, 3.8) is 0 Å². The summed E-state index contributed by atoms with van der Waals surface area (Å²) in [6.45, 7) is 5.96. The van der Waals surface area contributed by atoms with E-state index >= 15 is 0 Å². The van der Waals surface area contributed by atoms with E-state index in [1.54, 1.807) is 18.2 Å². The Morgan fingerprint density at radius 1 is 1.33 bits per heavy atom. The Morgan fingerprint density at radius 2 is 2.00 bits per heavy atom. The monoisotopic (exact) mass is 325 g/mol. The van der Waals surface area contributed by atoms with E-state index in [-0.39, 0.29) is 5.82 Å². The first-order valence-corrected chi connectivity index (χ1v) is 7.21. The zero-order valence-electron chi connectivity index (χ0n) is 11.5. The summed E-state index contributed by atoms with van der Waals surface area (Å²) >= 11 is 11.7. The number of rotatable bonds is 5. The fourth-order valence-corrected chi connectivity index (χ4v) is 2.14. The summed E-state index contributed by atoms with van der Waals surface area (Å²) in [6, 6.07) is 7.73. The highest BCUT2D eigenvalue weighted by molar-refractivity contribution is 6.29. The van der Waals surface area contributed by atoms with Gasteiger partial charge in [0.15, 0.2) is 0 Å². The lowest BCUT2D eigenvalue weighted by molar-refractivity contribution is 0.351. The quantitative estimate of drug-likeness (QED) is 0.437. The first kappa shape index (κ1) is 15.8. The van der Waals surface area contributed by atoms with Crippen LogP contribution in [0, 0.1) is 12.7 Å². The molecule has 0 bridgehead atoms. The van der Waals surface area contributed by atoms with Crippen molar-refractivity contribution in [3.8, 4) is 17.0 Å². The summed E-state index contributed by atoms with van der Waals surface area (Å²) in [5.41, 5.74) is 2.91. The van der Waals surface area contributed by atoms with Gasteiger partial charge in [0.2, 0.25) is 0 Å². The molecule has 0 radical (unpaired) electrons. The summed E-state index contributed by atoms with van der Waals surface area (Å²) in [5.74, 6) is 0.610. The number of alkyl halides is 1. The molecule has 0 atom stereocenters. The van der Waals surface area contributed by atoms with Crippen LogP contribution in [0.1, 0.15) is 5.56 Å². The molecule has 1 aromatic carbocycles. The molecule has 2 aromatic rings. The lowest BCUT2D eigenvalue weighted by atomic mass is 10.1. The molecule has 0 fully saturated rings. The maximum atomic E-state index is 13.1. The lowest BCUT2D eigenvalue weighted by Gasteiger charge is -2.14. The zero-order chi connectivity index (χ0) is 15.4. The van der Waals surface area contributed by atoms with Gasteiger partial charge in [-0.3, -0.25) is 0 Å². The molecule has 0 saturated carbocycles. The van der Waals surface area contributed by atoms with Crippen molar-refractivity contribution < 1.29 is 9.13 Å². The number of pyridine rings is 1. The fraction of sp³-hybridized carbons (Fsp3) is 0.188. The average molecular weight is 326 g/mol. The van der Waals surface area contributed by atoms with Gasteiger partial charge in [0.25, 0.3) is 0 Å². The number of ether oxygens (including phenoxy) is 1. The van der Waals surface area contributed by atoms with E-state index in [0.29, 0.717) is 29.1 Å². The van der Waals surface area contributed by atoms with Crippen LogP contribution in [0.4, 0.5) is 4.39 Å². The van der Waals surface area contributed by atoms with Gasteiger partial charge in [0.05, 0.1) is 0 Å². The van der Waals surface area contributed by atoms with Crippen molar-refractivity contribution in [2.45, 2.75) is 6.92 Å². The molecule has 0 N–H and O–H groups in total. The van der Waals surface area contributed by atoms with Crippen molar-refractivity contribution in [1.82, 2.24) is 4.98 Å². The van der Waals surface area contributed by atoms with Crippen molar-refractivity contribution in [1.29, 1.82) is 0 Å². The van der Waals surface area contributed by atoms with Crippen LogP contribution < -0.4 is 4.74 Å². The third kappa shape index (κ3) is 3.96. The Labute approximate surface area is 133 Å². The number of aromatic nitrogens is 1. The highest BCUT2D eigenvalue weighted by Crippen LogP contribution is 2.33. The maximum absolute atomic E-state index is 13.1. The van der Waals surface area contributed by atoms with E-state index in [4.69, 9.17) is 27.9 Å². The SMILES string of the molecule is C=C(CCl)COc1c(C)cc(Cl)nc1-c1ccc(F)cc1. The molecule has 0 aliphatic rings. The van der Waals surface area contributed by atoms with Crippen LogP contribution in [-0.2, 0) is 0 Å². The second-order valence-corrected chi connectivity index (χ2v) is 5.27. The van der Waals surface area contributed by atoms with E-state index in [9.17, 15) is 4.39 Å². The zero-order valence-corrected chi connectivity index (χ0v) is 13.0. The van der Waals surface area contributed by atoms with Crippen molar-refractivity contribution in [3.05, 3.63) is 59.0 Å². The van der Waals surface area contributed by atoms with Crippen LogP contribution in [0.5, 0.6) is 5.75 Å². The molecule has 2 nitrogen and oxygen atoms in total. The smallest absolute Gasteiger partial charge is 0.149 e. The van der Waals surface area contributed by atoms with E-state index in [0.717, 1.165) is 16.7 Å². The Morgan fingerprint density at radius 3 is 2.62 bits per heavy atom. The minimum atomic E-state index is -0.310. The molecule has 21 heavy (non-hydrogen) atoms. The molecule has 0 spiro atoms. The third-order valence-corrected chi connectivity index (χ3v) is 3.43. The molecule has 110 valence electrons. The summed E-state index contributed by atoms with van der Waals surface area (Å²) in [6.07, 6.45) is 0. The lowest BCUT2D eigenvalue weighted by Crippen LogP contribution is -2.05. The van der Waals surface area contributed by atoms with Gasteiger partial charge in [0, 0.05) is 11.4 Å². The number of nitrogens with zero attached hydrogens (tertiary/aromatic N) is 1. The molecular weight excluding hydrogens is 312 g/mol. The van der Waals surface area contributed by atoms with E-state index in [1.165, 1.54) is 12.1 Å². The summed E-state index contributed by atoms with van der Waals surface area (Å²) < 4.78 is 18.8. The molecule has 1 heterocycles. The normalized spacial score (nSPS) is 10.5. The summed E-state index contributed by atoms with van der Waals surface area (Å²) in [7, 11) is 0. The maximum Gasteiger partial charge on any atom is 0.149 e. The Balaban J connectivity index is 2.43. The first-order valence-electron chi connectivity index (χ1n) is 6.29. The Bertz CT molecular complexity index is 656. The van der Waals surface area contributed by atoms with Crippen LogP contribution in [-0.4, -0.2) is 17.5 Å². The standard InChI is InChI=1S/C16H14Cl2FNO/c1-10(8-17)9-21-16-11(2)7-14(18)20-15(16)12-3-5-13(19)6-4-12/h3-7H,1,8-9H2,2H3. The predicted molar refractivity (Wildman–Crippen MR) is 84.7 cm³/mol. The first-order chi connectivity index (χ1) is 10.0. The molecule has 0 aliphatic carbocycles. The second kappa shape index (κ2) is 6.92. The molecule has 1 aromatic heterocycles. The summed E-state index contributed by atoms with van der Waals surface area (Å²) in [5, 5.41) is 0.357. The van der Waals surface area contributed by atoms with E-state index in [2.05, 4.69) is 11.6 Å². The topological polar surface area (TPSA) is 22.1 Å². The highest BCUT2D eigenvalue weighted by atomic mass is 35.5. The van der Waals surface area contributed by atoms with Gasteiger partial charge in [-0.05, 0) is 48.4 Å². The van der Waals surface area contributed by atoms with Crippen molar-refractivity contribution >= 4 is 23.2 Å². The van der Waals surface area contributed by atoms with Crippen LogP contribution >= 0.6 is 23.2 Å². The second-order valence-electron chi connectivity index (χ2n) is 4.62. The van der Waals surface area contributed by atoms with Gasteiger partial charge in [-0.25, -0.2) is 9.37 Å². The highest BCUT2D eigenvalue weighted by Gasteiger charge is 2.13. The number of aryl methyl sites for hydroxylation is 1. The summed E-state index contributed by atoms with van der Waals surface area (Å²) in [4.78, 5) is 4.29. The Hall–Kier alpha value is -1.58. The minimum Gasteiger partial charge on any atom is -0.487 e. The minimum absolute atomic E-state index is 0.293. The van der Waals surface area contributed by atoms with Gasteiger partial charge in [-0.2, -0.15) is 0 Å².